The van der Waals surface area contributed by atoms with E-state index >= 15 is 0 Å². The largest absolute Gasteiger partial charge is 0.477 e. The fourth-order valence-electron chi connectivity index (χ4n) is 1.83. The van der Waals surface area contributed by atoms with E-state index in [0.717, 1.165) is 15.6 Å². The fraction of sp³-hybridized carbons (Fsp3) is 0.0769. The number of carboxylic acids is 1. The molecule has 6 heteroatoms. The van der Waals surface area contributed by atoms with Gasteiger partial charge in [0.15, 0.2) is 0 Å². The molecule has 3 aromatic rings. The molecule has 0 spiro atoms. The highest BCUT2D eigenvalue weighted by Crippen LogP contribution is 2.35. The number of carbonyl (C=O) groups is 1. The third-order valence-electron chi connectivity index (χ3n) is 2.64. The molecular weight excluding hydrogens is 282 g/mol. The average molecular weight is 291 g/mol. The molecule has 0 aliphatic heterocycles. The van der Waals surface area contributed by atoms with Gasteiger partial charge in [-0.25, -0.2) is 9.78 Å². The number of rotatable bonds is 4. The van der Waals surface area contributed by atoms with Gasteiger partial charge in [-0.05, 0) is 17.0 Å². The zero-order valence-electron chi connectivity index (χ0n) is 9.70. The molecular formula is C13H9NO3S2. The summed E-state index contributed by atoms with van der Waals surface area (Å²) in [5.74, 6) is -0.351. The van der Waals surface area contributed by atoms with Crippen LogP contribution in [-0.2, 0) is 5.75 Å². The van der Waals surface area contributed by atoms with Gasteiger partial charge in [0.05, 0.1) is 6.20 Å². The second-order valence-corrected chi connectivity index (χ2v) is 5.78. The molecule has 0 bridgehead atoms. The van der Waals surface area contributed by atoms with Crippen LogP contribution in [0.1, 0.15) is 15.2 Å². The number of carboxylic acid groups (broad SMARTS) is 1. The minimum Gasteiger partial charge on any atom is -0.477 e. The Morgan fingerprint density at radius 1 is 1.42 bits per heavy atom. The molecule has 2 aromatic heterocycles. The van der Waals surface area contributed by atoms with E-state index in [9.17, 15) is 9.90 Å². The topological polar surface area (TPSA) is 63.3 Å². The van der Waals surface area contributed by atoms with Gasteiger partial charge in [0, 0.05) is 10.5 Å². The van der Waals surface area contributed by atoms with E-state index in [1.54, 1.807) is 6.20 Å². The van der Waals surface area contributed by atoms with Crippen LogP contribution in [-0.4, -0.2) is 16.1 Å². The summed E-state index contributed by atoms with van der Waals surface area (Å²) in [7, 11) is 0. The number of aromatic carboxylic acids is 1. The molecule has 0 fully saturated rings. The fourth-order valence-corrected chi connectivity index (χ4v) is 3.81. The van der Waals surface area contributed by atoms with Gasteiger partial charge in [-0.3, -0.25) is 0 Å². The summed E-state index contributed by atoms with van der Waals surface area (Å²) in [5.41, 5.74) is 0.830. The van der Waals surface area contributed by atoms with E-state index < -0.39 is 5.97 Å². The van der Waals surface area contributed by atoms with Crippen molar-refractivity contribution in [2.45, 2.75) is 11.0 Å². The Hall–Kier alpha value is -1.79. The number of oxazole rings is 1. The summed E-state index contributed by atoms with van der Waals surface area (Å²) in [4.78, 5) is 15.7. The smallest absolute Gasteiger partial charge is 0.346 e. The van der Waals surface area contributed by atoms with Crippen molar-refractivity contribution in [1.29, 1.82) is 0 Å². The van der Waals surface area contributed by atoms with Crippen molar-refractivity contribution in [3.63, 3.8) is 0 Å². The number of thioether (sulfide) groups is 1. The van der Waals surface area contributed by atoms with Gasteiger partial charge in [-0.2, -0.15) is 0 Å². The Morgan fingerprint density at radius 2 is 2.26 bits per heavy atom. The van der Waals surface area contributed by atoms with E-state index in [2.05, 4.69) is 4.98 Å². The summed E-state index contributed by atoms with van der Waals surface area (Å²) in [6, 6.07) is 7.71. The molecule has 96 valence electrons. The van der Waals surface area contributed by atoms with Gasteiger partial charge >= 0.3 is 5.97 Å². The van der Waals surface area contributed by atoms with E-state index in [-0.39, 0.29) is 0 Å². The van der Waals surface area contributed by atoms with Crippen LogP contribution in [0.2, 0.25) is 0 Å². The highest BCUT2D eigenvalue weighted by atomic mass is 32.2. The molecule has 2 heterocycles. The lowest BCUT2D eigenvalue weighted by molar-refractivity contribution is 0.0701. The first kappa shape index (κ1) is 12.3. The number of hydrogen-bond acceptors (Lipinski definition) is 5. The van der Waals surface area contributed by atoms with E-state index in [0.29, 0.717) is 15.9 Å². The van der Waals surface area contributed by atoms with E-state index in [1.165, 1.54) is 29.4 Å². The Kier molecular flexibility index (Phi) is 3.27. The van der Waals surface area contributed by atoms with Gasteiger partial charge in [0.25, 0.3) is 5.22 Å². The van der Waals surface area contributed by atoms with Crippen molar-refractivity contribution in [2.75, 3.05) is 0 Å². The highest BCUT2D eigenvalue weighted by molar-refractivity contribution is 7.98. The van der Waals surface area contributed by atoms with Crippen LogP contribution in [0, 0.1) is 0 Å². The maximum Gasteiger partial charge on any atom is 0.346 e. The maximum absolute atomic E-state index is 11.3. The van der Waals surface area contributed by atoms with Gasteiger partial charge in [0.2, 0.25) is 0 Å². The van der Waals surface area contributed by atoms with Gasteiger partial charge in [0.1, 0.15) is 11.1 Å². The van der Waals surface area contributed by atoms with Crippen LogP contribution in [0.3, 0.4) is 0 Å². The lowest BCUT2D eigenvalue weighted by atomic mass is 10.1. The SMILES string of the molecule is O=C(O)c1sc2ccccc2c1CSc1ncco1. The molecule has 0 saturated carbocycles. The Bertz CT molecular complexity index is 719. The average Bonchev–Trinajstić information content (AvgIpc) is 3.03. The summed E-state index contributed by atoms with van der Waals surface area (Å²) in [6.45, 7) is 0. The van der Waals surface area contributed by atoms with Gasteiger partial charge < -0.3 is 9.52 Å². The lowest BCUT2D eigenvalue weighted by Crippen LogP contribution is -1.96. The molecule has 0 atom stereocenters. The Morgan fingerprint density at radius 3 is 3.00 bits per heavy atom. The molecule has 0 amide bonds. The van der Waals surface area contributed by atoms with E-state index in [4.69, 9.17) is 4.42 Å². The molecule has 1 aromatic carbocycles. The second kappa shape index (κ2) is 5.07. The monoisotopic (exact) mass is 291 g/mol. The quantitative estimate of drug-likeness (QED) is 0.739. The molecule has 0 radical (unpaired) electrons. The van der Waals surface area contributed by atoms with Gasteiger partial charge in [-0.15, -0.1) is 11.3 Å². The summed E-state index contributed by atoms with van der Waals surface area (Å²) in [5, 5.41) is 10.8. The number of benzene rings is 1. The van der Waals surface area contributed by atoms with Crippen molar-refractivity contribution < 1.29 is 14.3 Å². The third-order valence-corrected chi connectivity index (χ3v) is 4.72. The molecule has 4 nitrogen and oxygen atoms in total. The Labute approximate surface area is 117 Å². The summed E-state index contributed by atoms with van der Waals surface area (Å²) < 4.78 is 6.14. The normalized spacial score (nSPS) is 10.9. The van der Waals surface area contributed by atoms with Crippen LogP contribution in [0.25, 0.3) is 10.1 Å². The number of thiophene rings is 1. The number of fused-ring (bicyclic) bond motifs is 1. The first-order chi connectivity index (χ1) is 9.25. The van der Waals surface area contributed by atoms with Gasteiger partial charge in [-0.1, -0.05) is 30.0 Å². The van der Waals surface area contributed by atoms with Crippen LogP contribution in [0.4, 0.5) is 0 Å². The lowest BCUT2D eigenvalue weighted by Gasteiger charge is -1.99. The Balaban J connectivity index is 2.00. The van der Waals surface area contributed by atoms with Crippen LogP contribution in [0.5, 0.6) is 0 Å². The van der Waals surface area contributed by atoms with Crippen LogP contribution in [0.15, 0.2) is 46.4 Å². The number of nitrogens with zero attached hydrogens (tertiary/aromatic N) is 1. The van der Waals surface area contributed by atoms with E-state index in [1.807, 2.05) is 24.3 Å². The molecule has 3 rings (SSSR count). The molecule has 0 unspecified atom stereocenters. The third kappa shape index (κ3) is 2.36. The second-order valence-electron chi connectivity index (χ2n) is 3.80. The molecule has 0 saturated heterocycles. The number of hydrogen-bond donors (Lipinski definition) is 1. The predicted octanol–water partition coefficient (Wildman–Crippen LogP) is 3.88. The molecule has 19 heavy (non-hydrogen) atoms. The first-order valence-corrected chi connectivity index (χ1v) is 7.32. The van der Waals surface area contributed by atoms with Crippen LogP contribution >= 0.6 is 23.1 Å². The van der Waals surface area contributed by atoms with Crippen molar-refractivity contribution in [3.8, 4) is 0 Å². The predicted molar refractivity (Wildman–Crippen MR) is 74.8 cm³/mol. The minimum absolute atomic E-state index is 0.389. The van der Waals surface area contributed by atoms with Crippen molar-refractivity contribution >= 4 is 39.2 Å². The van der Waals surface area contributed by atoms with Crippen molar-refractivity contribution in [2.24, 2.45) is 0 Å². The zero-order valence-corrected chi connectivity index (χ0v) is 11.3. The molecule has 1 N–H and O–H groups in total. The standard InChI is InChI=1S/C13H9NO3S2/c15-12(16)11-9(7-18-13-14-5-6-17-13)8-3-1-2-4-10(8)19-11/h1-6H,7H2,(H,15,16). The molecule has 0 aliphatic carbocycles. The highest BCUT2D eigenvalue weighted by Gasteiger charge is 2.18. The zero-order chi connectivity index (χ0) is 13.2. The van der Waals surface area contributed by atoms with Crippen molar-refractivity contribution in [1.82, 2.24) is 4.98 Å². The first-order valence-electron chi connectivity index (χ1n) is 5.51. The summed E-state index contributed by atoms with van der Waals surface area (Å²) in [6.07, 6.45) is 3.08. The van der Waals surface area contributed by atoms with Crippen LogP contribution < -0.4 is 0 Å². The van der Waals surface area contributed by atoms with Crippen molar-refractivity contribution in [3.05, 3.63) is 47.2 Å². The maximum atomic E-state index is 11.3. The molecule has 0 aliphatic rings. The number of aromatic nitrogens is 1. The summed E-state index contributed by atoms with van der Waals surface area (Å²) >= 11 is 2.70. The minimum atomic E-state index is -0.885.